The number of rotatable bonds is 0. The molecule has 0 radical (unpaired) electrons. The number of hydrogen-bond acceptors (Lipinski definition) is 4. The molecule has 0 aromatic rings. The lowest BCUT2D eigenvalue weighted by Crippen LogP contribution is -1.83. The van der Waals surface area contributed by atoms with E-state index >= 15 is 0 Å². The Morgan fingerprint density at radius 3 is 1.07 bits per heavy atom. The number of carboxylic acids is 3. The van der Waals surface area contributed by atoms with Crippen molar-refractivity contribution < 1.29 is 29.7 Å². The van der Waals surface area contributed by atoms with E-state index in [0.29, 0.717) is 0 Å². The number of nitrogens with zero attached hydrogens (tertiary/aromatic N) is 1. The molecule has 0 atom stereocenters. The Hall–Kier alpha value is -2.10. The third-order valence-electron chi connectivity index (χ3n) is 0.0956. The van der Waals surface area contributed by atoms with Gasteiger partial charge in [0.05, 0.1) is 0 Å². The number of hydrogen-bond donors (Lipinski definition) is 3. The van der Waals surface area contributed by atoms with Gasteiger partial charge < -0.3 is 15.3 Å². The topological polar surface area (TPSA) is 136 Å². The van der Waals surface area contributed by atoms with Gasteiger partial charge in [-0.15, -0.1) is 0 Å². The SMILES string of the molecule is C.CC(=O)O.CC(=O)O.N#CC(=O)O. The molecule has 0 aliphatic carbocycles. The van der Waals surface area contributed by atoms with Crippen molar-refractivity contribution >= 4 is 17.9 Å². The first-order valence-electron chi connectivity index (χ1n) is 2.76. The maximum absolute atomic E-state index is 9.01. The Kier molecular flexibility index (Phi) is 27.7. The molecule has 7 nitrogen and oxygen atoms in total. The molecule has 82 valence electrons. The van der Waals surface area contributed by atoms with Gasteiger partial charge in [0.2, 0.25) is 0 Å². The van der Waals surface area contributed by atoms with Crippen molar-refractivity contribution in [2.75, 3.05) is 0 Å². The first kappa shape index (κ1) is 22.7. The quantitative estimate of drug-likeness (QED) is 0.386. The lowest BCUT2D eigenvalue weighted by atomic mass is 10.8. The maximum atomic E-state index is 9.01. The van der Waals surface area contributed by atoms with Gasteiger partial charge in [-0.3, -0.25) is 9.59 Å². The first-order chi connectivity index (χ1) is 5.73. The Balaban J connectivity index is -0.0000000522. The lowest BCUT2D eigenvalue weighted by Gasteiger charge is -1.59. The summed E-state index contributed by atoms with van der Waals surface area (Å²) in [4.78, 5) is 27.0. The predicted octanol–water partition coefficient (Wildman–Crippen LogP) is 0.412. The molecule has 0 aliphatic rings. The van der Waals surface area contributed by atoms with Crippen molar-refractivity contribution in [3.05, 3.63) is 0 Å². The minimum Gasteiger partial charge on any atom is -0.481 e. The van der Waals surface area contributed by atoms with Gasteiger partial charge in [-0.05, 0) is 0 Å². The van der Waals surface area contributed by atoms with Crippen LogP contribution in [0.5, 0.6) is 0 Å². The van der Waals surface area contributed by atoms with Gasteiger partial charge >= 0.3 is 5.97 Å². The zero-order chi connectivity index (χ0) is 11.4. The predicted molar refractivity (Wildman–Crippen MR) is 46.6 cm³/mol. The van der Waals surface area contributed by atoms with Crippen LogP contribution in [0.2, 0.25) is 0 Å². The Morgan fingerprint density at radius 2 is 1.07 bits per heavy atom. The highest BCUT2D eigenvalue weighted by atomic mass is 16.4. The summed E-state index contributed by atoms with van der Waals surface area (Å²) in [7, 11) is 0. The highest BCUT2D eigenvalue weighted by Crippen LogP contribution is 1.44. The van der Waals surface area contributed by atoms with Crippen molar-refractivity contribution in [3.63, 3.8) is 0 Å². The van der Waals surface area contributed by atoms with Gasteiger partial charge in [0.25, 0.3) is 11.9 Å². The van der Waals surface area contributed by atoms with E-state index in [1.807, 2.05) is 0 Å². The smallest absolute Gasteiger partial charge is 0.408 e. The number of carboxylic acid groups (broad SMARTS) is 3. The molecule has 14 heavy (non-hydrogen) atoms. The summed E-state index contributed by atoms with van der Waals surface area (Å²) in [6.45, 7) is 2.17. The highest BCUT2D eigenvalue weighted by molar-refractivity contribution is 5.83. The molecule has 0 fully saturated rings. The zero-order valence-electron chi connectivity index (χ0n) is 7.01. The number of carbonyl (C=O) groups is 3. The summed E-state index contributed by atoms with van der Waals surface area (Å²) in [5.41, 5.74) is 0. The van der Waals surface area contributed by atoms with Crippen LogP contribution in [0.25, 0.3) is 0 Å². The van der Waals surface area contributed by atoms with E-state index in [-0.39, 0.29) is 7.43 Å². The van der Waals surface area contributed by atoms with Crippen molar-refractivity contribution in [1.29, 1.82) is 5.26 Å². The third kappa shape index (κ3) is 78400. The monoisotopic (exact) mass is 207 g/mol. The maximum Gasteiger partial charge on any atom is 0.408 e. The summed E-state index contributed by atoms with van der Waals surface area (Å²) in [6.07, 6.45) is 0. The van der Waals surface area contributed by atoms with Crippen LogP contribution in [0, 0.1) is 11.3 Å². The Labute approximate surface area is 81.2 Å². The van der Waals surface area contributed by atoms with Gasteiger partial charge in [0.15, 0.2) is 6.07 Å². The molecule has 0 aromatic heterocycles. The first-order valence-corrected chi connectivity index (χ1v) is 2.76. The molecule has 0 heterocycles. The summed E-state index contributed by atoms with van der Waals surface area (Å²) in [6, 6.07) is 0.944. The molecule has 0 unspecified atom stereocenters. The van der Waals surface area contributed by atoms with Crippen LogP contribution in [0.4, 0.5) is 0 Å². The van der Waals surface area contributed by atoms with Crippen LogP contribution >= 0.6 is 0 Å². The van der Waals surface area contributed by atoms with Gasteiger partial charge in [-0.25, -0.2) is 4.79 Å². The molecule has 0 bridgehead atoms. The van der Waals surface area contributed by atoms with Crippen molar-refractivity contribution in [3.8, 4) is 6.07 Å². The second kappa shape index (κ2) is 17.1. The molecular formula is C7H13NO6. The molecule has 0 amide bonds. The Bertz CT molecular complexity index is 197. The highest BCUT2D eigenvalue weighted by Gasteiger charge is 1.79. The fraction of sp³-hybridized carbons (Fsp3) is 0.429. The standard InChI is InChI=1S/C2HNO2.2C2H4O2.CH4/c3-1-2(4)5;2*1-2(3)4;/h(H,4,5);2*1H3,(H,3,4);1H4. The normalized spacial score (nSPS) is 5.50. The van der Waals surface area contributed by atoms with Crippen molar-refractivity contribution in [1.82, 2.24) is 0 Å². The zero-order valence-corrected chi connectivity index (χ0v) is 7.01. The third-order valence-corrected chi connectivity index (χ3v) is 0.0956. The van der Waals surface area contributed by atoms with E-state index in [0.717, 1.165) is 19.9 Å². The fourth-order valence-corrected chi connectivity index (χ4v) is 0. The molecule has 0 rings (SSSR count). The van der Waals surface area contributed by atoms with Crippen LogP contribution in [-0.4, -0.2) is 33.2 Å². The van der Waals surface area contributed by atoms with Crippen molar-refractivity contribution in [2.24, 2.45) is 0 Å². The molecule has 3 N–H and O–H groups in total. The van der Waals surface area contributed by atoms with Gasteiger partial charge in [0.1, 0.15) is 0 Å². The molecule has 0 saturated heterocycles. The second-order valence-electron chi connectivity index (χ2n) is 1.45. The van der Waals surface area contributed by atoms with E-state index in [1.54, 1.807) is 0 Å². The van der Waals surface area contributed by atoms with Gasteiger partial charge in [-0.1, -0.05) is 7.43 Å². The number of aliphatic carboxylic acids is 3. The molecule has 0 aliphatic heterocycles. The van der Waals surface area contributed by atoms with E-state index in [1.165, 1.54) is 0 Å². The van der Waals surface area contributed by atoms with Crippen molar-refractivity contribution in [2.45, 2.75) is 21.3 Å². The lowest BCUT2D eigenvalue weighted by molar-refractivity contribution is -0.135. The average Bonchev–Trinajstić information content (AvgIpc) is 1.84. The molecule has 0 saturated carbocycles. The molecule has 0 aromatic carbocycles. The van der Waals surface area contributed by atoms with Gasteiger partial charge in [-0.2, -0.15) is 5.26 Å². The summed E-state index contributed by atoms with van der Waals surface area (Å²) in [5, 5.41) is 29.5. The molecule has 0 spiro atoms. The van der Waals surface area contributed by atoms with Crippen LogP contribution in [0.3, 0.4) is 0 Å². The van der Waals surface area contributed by atoms with Crippen LogP contribution in [0.15, 0.2) is 0 Å². The minimum absolute atomic E-state index is 0. The van der Waals surface area contributed by atoms with Crippen LogP contribution < -0.4 is 0 Å². The van der Waals surface area contributed by atoms with Crippen LogP contribution in [-0.2, 0) is 14.4 Å². The van der Waals surface area contributed by atoms with E-state index < -0.39 is 17.9 Å². The molecular weight excluding hydrogens is 194 g/mol. The fourth-order valence-electron chi connectivity index (χ4n) is 0. The van der Waals surface area contributed by atoms with E-state index in [4.69, 9.17) is 35.0 Å². The van der Waals surface area contributed by atoms with Crippen LogP contribution in [0.1, 0.15) is 21.3 Å². The number of nitriles is 1. The summed E-state index contributed by atoms with van der Waals surface area (Å²) < 4.78 is 0. The average molecular weight is 207 g/mol. The second-order valence-corrected chi connectivity index (χ2v) is 1.45. The summed E-state index contributed by atoms with van der Waals surface area (Å²) >= 11 is 0. The Morgan fingerprint density at radius 1 is 1.00 bits per heavy atom. The summed E-state index contributed by atoms with van der Waals surface area (Å²) in [5.74, 6) is -3.11. The van der Waals surface area contributed by atoms with E-state index in [2.05, 4.69) is 0 Å². The molecule has 7 heteroatoms. The minimum atomic E-state index is -1.44. The van der Waals surface area contributed by atoms with Gasteiger partial charge in [0, 0.05) is 13.8 Å². The van der Waals surface area contributed by atoms with E-state index in [9.17, 15) is 0 Å². The largest absolute Gasteiger partial charge is 0.481 e.